The Morgan fingerprint density at radius 3 is 2.55 bits per heavy atom. The topological polar surface area (TPSA) is 38.7 Å². The maximum Gasteiger partial charge on any atom is 0.429 e. The molecule has 0 aromatic rings. The lowest BCUT2D eigenvalue weighted by Gasteiger charge is -2.10. The highest BCUT2D eigenvalue weighted by Gasteiger charge is 2.07. The number of carbonyl (C=O) groups excluding carboxylic acids is 1. The lowest BCUT2D eigenvalue weighted by atomic mass is 9.99. The van der Waals surface area contributed by atoms with Crippen LogP contribution in [0.3, 0.4) is 0 Å². The summed E-state index contributed by atoms with van der Waals surface area (Å²) in [4.78, 5) is 14.4. The van der Waals surface area contributed by atoms with E-state index in [0.717, 1.165) is 31.4 Å². The zero-order valence-electron chi connectivity index (χ0n) is 6.18. The number of rotatable bonds is 1. The Labute approximate surface area is 70.4 Å². The van der Waals surface area contributed by atoms with Crippen molar-refractivity contribution in [2.24, 2.45) is 5.16 Å². The highest BCUT2D eigenvalue weighted by Crippen LogP contribution is 2.14. The Balaban J connectivity index is 2.32. The van der Waals surface area contributed by atoms with E-state index in [1.165, 1.54) is 6.42 Å². The third-order valence-corrected chi connectivity index (χ3v) is 1.75. The minimum Gasteiger partial charge on any atom is -0.302 e. The Kier molecular flexibility index (Phi) is 3.36. The minimum absolute atomic E-state index is 0.858. The van der Waals surface area contributed by atoms with E-state index in [0.29, 0.717) is 0 Å². The molecule has 1 rings (SSSR count). The number of hydrogen-bond donors (Lipinski definition) is 0. The summed E-state index contributed by atoms with van der Waals surface area (Å²) in [6.45, 7) is 0. The van der Waals surface area contributed by atoms with Crippen LogP contribution >= 0.6 is 11.6 Å². The molecule has 0 atom stereocenters. The van der Waals surface area contributed by atoms with Crippen molar-refractivity contribution < 1.29 is 9.63 Å². The third-order valence-electron chi connectivity index (χ3n) is 1.68. The first kappa shape index (κ1) is 8.53. The van der Waals surface area contributed by atoms with Gasteiger partial charge in [-0.3, -0.25) is 0 Å². The fraction of sp³-hybridized carbons (Fsp3) is 0.714. The molecule has 3 nitrogen and oxygen atoms in total. The van der Waals surface area contributed by atoms with E-state index in [2.05, 4.69) is 9.99 Å². The molecule has 0 N–H and O–H groups in total. The van der Waals surface area contributed by atoms with Crippen molar-refractivity contribution in [3.63, 3.8) is 0 Å². The van der Waals surface area contributed by atoms with Crippen molar-refractivity contribution in [2.45, 2.75) is 32.1 Å². The normalized spacial score (nSPS) is 17.7. The fourth-order valence-corrected chi connectivity index (χ4v) is 1.19. The molecule has 4 heteroatoms. The SMILES string of the molecule is O=C(Cl)ON=C1CCCCC1. The Hall–Kier alpha value is -0.570. The summed E-state index contributed by atoms with van der Waals surface area (Å²) in [5, 5.41) is 3.62. The second kappa shape index (κ2) is 4.34. The van der Waals surface area contributed by atoms with E-state index < -0.39 is 5.43 Å². The molecule has 0 amide bonds. The molecule has 0 aromatic heterocycles. The molecule has 62 valence electrons. The largest absolute Gasteiger partial charge is 0.429 e. The minimum atomic E-state index is -0.858. The molecule has 0 spiro atoms. The monoisotopic (exact) mass is 175 g/mol. The van der Waals surface area contributed by atoms with Crippen LogP contribution in [0.5, 0.6) is 0 Å². The Morgan fingerprint density at radius 1 is 1.36 bits per heavy atom. The standard InChI is InChI=1S/C7H10ClNO2/c8-7(10)11-9-6-4-2-1-3-5-6/h1-5H2. The molecule has 0 heterocycles. The average Bonchev–Trinajstić information content (AvgIpc) is 2.03. The summed E-state index contributed by atoms with van der Waals surface area (Å²) in [7, 11) is 0. The first-order valence-corrected chi connectivity index (χ1v) is 4.09. The maximum absolute atomic E-state index is 10.1. The summed E-state index contributed by atoms with van der Waals surface area (Å²) in [5.41, 5.74) is 0.0910. The fourth-order valence-electron chi connectivity index (χ4n) is 1.15. The second-order valence-corrected chi connectivity index (χ2v) is 2.86. The molecule has 1 saturated carbocycles. The molecule has 11 heavy (non-hydrogen) atoms. The molecule has 0 unspecified atom stereocenters. The van der Waals surface area contributed by atoms with Gasteiger partial charge in [-0.1, -0.05) is 11.6 Å². The van der Waals surface area contributed by atoms with Gasteiger partial charge in [0.15, 0.2) is 0 Å². The van der Waals surface area contributed by atoms with Crippen molar-refractivity contribution in [3.05, 3.63) is 0 Å². The van der Waals surface area contributed by atoms with Crippen LogP contribution in [-0.4, -0.2) is 11.1 Å². The summed E-state index contributed by atoms with van der Waals surface area (Å²) in [5.74, 6) is 0. The highest BCUT2D eigenvalue weighted by molar-refractivity contribution is 6.61. The number of carbonyl (C=O) groups is 1. The summed E-state index contributed by atoms with van der Waals surface area (Å²) >= 11 is 4.93. The van der Waals surface area contributed by atoms with E-state index in [9.17, 15) is 4.79 Å². The molecule has 1 aliphatic carbocycles. The van der Waals surface area contributed by atoms with E-state index in [1.807, 2.05) is 0 Å². The Bertz CT molecular complexity index is 171. The van der Waals surface area contributed by atoms with Gasteiger partial charge in [0.2, 0.25) is 0 Å². The molecule has 0 bridgehead atoms. The molecule has 1 fully saturated rings. The summed E-state index contributed by atoms with van der Waals surface area (Å²) in [6, 6.07) is 0. The van der Waals surface area contributed by atoms with Crippen LogP contribution in [0.1, 0.15) is 32.1 Å². The molecular weight excluding hydrogens is 166 g/mol. The zero-order valence-corrected chi connectivity index (χ0v) is 6.93. The lowest BCUT2D eigenvalue weighted by molar-refractivity contribution is 0.177. The van der Waals surface area contributed by atoms with Crippen molar-refractivity contribution in [1.29, 1.82) is 0 Å². The van der Waals surface area contributed by atoms with Crippen LogP contribution in [0.2, 0.25) is 0 Å². The van der Waals surface area contributed by atoms with Gasteiger partial charge in [0.05, 0.1) is 5.71 Å². The van der Waals surface area contributed by atoms with E-state index in [1.54, 1.807) is 0 Å². The molecule has 1 aliphatic rings. The lowest BCUT2D eigenvalue weighted by Crippen LogP contribution is -2.05. The van der Waals surface area contributed by atoms with E-state index in [-0.39, 0.29) is 0 Å². The number of hydrogen-bond acceptors (Lipinski definition) is 3. The molecule has 0 saturated heterocycles. The van der Waals surface area contributed by atoms with Gasteiger partial charge in [0.1, 0.15) is 0 Å². The first-order chi connectivity index (χ1) is 5.29. The Morgan fingerprint density at radius 2 is 2.00 bits per heavy atom. The number of oxime groups is 1. The summed E-state index contributed by atoms with van der Waals surface area (Å²) in [6.07, 6.45) is 5.39. The van der Waals surface area contributed by atoms with Gasteiger partial charge in [-0.15, -0.1) is 0 Å². The van der Waals surface area contributed by atoms with Gasteiger partial charge >= 0.3 is 5.43 Å². The third kappa shape index (κ3) is 3.37. The second-order valence-electron chi connectivity index (χ2n) is 2.55. The predicted octanol–water partition coefficient (Wildman–Crippen LogP) is 2.68. The van der Waals surface area contributed by atoms with Gasteiger partial charge in [-0.25, -0.2) is 4.79 Å². The van der Waals surface area contributed by atoms with Crippen molar-refractivity contribution in [2.75, 3.05) is 0 Å². The van der Waals surface area contributed by atoms with E-state index in [4.69, 9.17) is 11.6 Å². The summed E-state index contributed by atoms with van der Waals surface area (Å²) < 4.78 is 0. The van der Waals surface area contributed by atoms with Crippen LogP contribution < -0.4 is 0 Å². The molecule has 0 aromatic carbocycles. The predicted molar refractivity (Wildman–Crippen MR) is 42.9 cm³/mol. The zero-order chi connectivity index (χ0) is 8.10. The van der Waals surface area contributed by atoms with Gasteiger partial charge in [0.25, 0.3) is 0 Å². The van der Waals surface area contributed by atoms with Crippen molar-refractivity contribution >= 4 is 22.7 Å². The number of halogens is 1. The first-order valence-electron chi connectivity index (χ1n) is 3.71. The quantitative estimate of drug-likeness (QED) is 0.349. The molecule has 0 aliphatic heterocycles. The van der Waals surface area contributed by atoms with Crippen LogP contribution in [-0.2, 0) is 4.84 Å². The van der Waals surface area contributed by atoms with Crippen molar-refractivity contribution in [1.82, 2.24) is 0 Å². The van der Waals surface area contributed by atoms with Gasteiger partial charge in [-0.05, 0) is 25.7 Å². The van der Waals surface area contributed by atoms with Crippen molar-refractivity contribution in [3.8, 4) is 0 Å². The van der Waals surface area contributed by atoms with Crippen LogP contribution in [0, 0.1) is 0 Å². The van der Waals surface area contributed by atoms with Gasteiger partial charge in [0, 0.05) is 11.6 Å². The van der Waals surface area contributed by atoms with E-state index >= 15 is 0 Å². The van der Waals surface area contributed by atoms with Crippen LogP contribution in [0.15, 0.2) is 5.16 Å². The maximum atomic E-state index is 10.1. The molecular formula is C7H10ClNO2. The average molecular weight is 176 g/mol. The van der Waals surface area contributed by atoms with Crippen LogP contribution in [0.4, 0.5) is 4.79 Å². The van der Waals surface area contributed by atoms with Gasteiger partial charge in [-0.2, -0.15) is 0 Å². The highest BCUT2D eigenvalue weighted by atomic mass is 35.5. The molecule has 0 radical (unpaired) electrons. The number of nitrogens with zero attached hydrogens (tertiary/aromatic N) is 1. The van der Waals surface area contributed by atoms with Gasteiger partial charge < -0.3 is 4.84 Å². The smallest absolute Gasteiger partial charge is 0.302 e. The van der Waals surface area contributed by atoms with Crippen LogP contribution in [0.25, 0.3) is 0 Å².